The third kappa shape index (κ3) is 4.65. The van der Waals surface area contributed by atoms with Gasteiger partial charge >= 0.3 is 0 Å². The summed E-state index contributed by atoms with van der Waals surface area (Å²) in [5.41, 5.74) is 1.14. The number of benzene rings is 1. The van der Waals surface area contributed by atoms with Crippen LogP contribution in [0.15, 0.2) is 41.0 Å². The maximum Gasteiger partial charge on any atom is 0.225 e. The first-order valence-electron chi connectivity index (χ1n) is 7.97. The van der Waals surface area contributed by atoms with Gasteiger partial charge in [-0.15, -0.1) is 0 Å². The van der Waals surface area contributed by atoms with Crippen LogP contribution in [0.3, 0.4) is 0 Å². The predicted octanol–water partition coefficient (Wildman–Crippen LogP) is 3.02. The van der Waals surface area contributed by atoms with Gasteiger partial charge in [-0.05, 0) is 49.5 Å². The molecule has 3 rings (SSSR count). The van der Waals surface area contributed by atoms with Crippen LogP contribution in [-0.2, 0) is 11.3 Å². The average molecular weight is 377 g/mol. The van der Waals surface area contributed by atoms with Crippen LogP contribution in [0, 0.1) is 5.92 Å². The zero-order valence-corrected chi connectivity index (χ0v) is 14.6. The smallest absolute Gasteiger partial charge is 0.225 e. The molecule has 122 valence electrons. The molecular formula is C17H21BrN4O. The second kappa shape index (κ2) is 7.75. The highest BCUT2D eigenvalue weighted by Gasteiger charge is 2.16. The molecule has 0 bridgehead atoms. The lowest BCUT2D eigenvalue weighted by atomic mass is 10.0. The molecule has 1 amide bonds. The zero-order valence-electron chi connectivity index (χ0n) is 13.0. The van der Waals surface area contributed by atoms with Gasteiger partial charge in [-0.1, -0.05) is 28.1 Å². The largest absolute Gasteiger partial charge is 0.316 e. The van der Waals surface area contributed by atoms with Crippen LogP contribution < -0.4 is 10.6 Å². The Balaban J connectivity index is 1.55. The Morgan fingerprint density at radius 2 is 2.17 bits per heavy atom. The maximum atomic E-state index is 12.1. The SMILES string of the molecule is O=C(CCC1CCNC1)Nc1ccnn1Cc1ccc(Br)cc1. The van der Waals surface area contributed by atoms with E-state index in [1.165, 1.54) is 6.42 Å². The highest BCUT2D eigenvalue weighted by atomic mass is 79.9. The topological polar surface area (TPSA) is 59.0 Å². The second-order valence-electron chi connectivity index (χ2n) is 5.95. The van der Waals surface area contributed by atoms with Crippen LogP contribution >= 0.6 is 15.9 Å². The first kappa shape index (κ1) is 16.2. The molecule has 0 aliphatic carbocycles. The molecule has 23 heavy (non-hydrogen) atoms. The second-order valence-corrected chi connectivity index (χ2v) is 6.86. The van der Waals surface area contributed by atoms with E-state index in [-0.39, 0.29) is 5.91 Å². The summed E-state index contributed by atoms with van der Waals surface area (Å²) >= 11 is 3.43. The Kier molecular flexibility index (Phi) is 5.46. The Hall–Kier alpha value is -1.66. The number of rotatable bonds is 6. The van der Waals surface area contributed by atoms with Crippen molar-refractivity contribution in [1.29, 1.82) is 0 Å². The lowest BCUT2D eigenvalue weighted by Crippen LogP contribution is -2.17. The predicted molar refractivity (Wildman–Crippen MR) is 94.3 cm³/mol. The molecular weight excluding hydrogens is 356 g/mol. The summed E-state index contributed by atoms with van der Waals surface area (Å²) in [6.45, 7) is 2.75. The summed E-state index contributed by atoms with van der Waals surface area (Å²) in [6.07, 6.45) is 4.40. The minimum absolute atomic E-state index is 0.0643. The van der Waals surface area contributed by atoms with Crippen molar-refractivity contribution in [3.05, 3.63) is 46.6 Å². The molecule has 1 saturated heterocycles. The van der Waals surface area contributed by atoms with E-state index >= 15 is 0 Å². The lowest BCUT2D eigenvalue weighted by Gasteiger charge is -2.11. The van der Waals surface area contributed by atoms with Crippen LogP contribution in [-0.4, -0.2) is 28.8 Å². The van der Waals surface area contributed by atoms with Gasteiger partial charge in [-0.3, -0.25) is 4.79 Å². The quantitative estimate of drug-likeness (QED) is 0.814. The molecule has 1 unspecified atom stereocenters. The standard InChI is InChI=1S/C17H21BrN4O/c18-15-4-1-14(2-5-15)12-22-16(8-10-20-22)21-17(23)6-3-13-7-9-19-11-13/h1-2,4-5,8,10,13,19H,3,6-7,9,11-12H2,(H,21,23). The Morgan fingerprint density at radius 1 is 1.35 bits per heavy atom. The van der Waals surface area contributed by atoms with Crippen molar-refractivity contribution in [3.8, 4) is 0 Å². The third-order valence-corrected chi connectivity index (χ3v) is 4.70. The van der Waals surface area contributed by atoms with Crippen molar-refractivity contribution in [2.75, 3.05) is 18.4 Å². The van der Waals surface area contributed by atoms with E-state index in [1.807, 2.05) is 35.0 Å². The number of carbonyl (C=O) groups excluding carboxylic acids is 1. The highest BCUT2D eigenvalue weighted by Crippen LogP contribution is 2.16. The van der Waals surface area contributed by atoms with E-state index in [2.05, 4.69) is 31.7 Å². The van der Waals surface area contributed by atoms with Gasteiger partial charge in [0.2, 0.25) is 5.91 Å². The number of halogens is 1. The summed E-state index contributed by atoms with van der Waals surface area (Å²) in [5, 5.41) is 10.6. The highest BCUT2D eigenvalue weighted by molar-refractivity contribution is 9.10. The van der Waals surface area contributed by atoms with Crippen LogP contribution in [0.2, 0.25) is 0 Å². The van der Waals surface area contributed by atoms with Gasteiger partial charge in [0.1, 0.15) is 5.82 Å². The number of nitrogens with one attached hydrogen (secondary N) is 2. The van der Waals surface area contributed by atoms with E-state index in [4.69, 9.17) is 0 Å². The fourth-order valence-electron chi connectivity index (χ4n) is 2.83. The van der Waals surface area contributed by atoms with Gasteiger partial charge in [0.05, 0.1) is 12.7 Å². The maximum absolute atomic E-state index is 12.1. The van der Waals surface area contributed by atoms with Gasteiger partial charge < -0.3 is 10.6 Å². The van der Waals surface area contributed by atoms with Crippen molar-refractivity contribution in [2.45, 2.75) is 25.8 Å². The molecule has 0 radical (unpaired) electrons. The molecule has 0 saturated carbocycles. The van der Waals surface area contributed by atoms with Crippen LogP contribution in [0.25, 0.3) is 0 Å². The number of amides is 1. The third-order valence-electron chi connectivity index (χ3n) is 4.17. The monoisotopic (exact) mass is 376 g/mol. The molecule has 2 aromatic rings. The van der Waals surface area contributed by atoms with Crippen LogP contribution in [0.1, 0.15) is 24.8 Å². The Bertz CT molecular complexity index is 647. The van der Waals surface area contributed by atoms with E-state index in [1.54, 1.807) is 6.20 Å². The van der Waals surface area contributed by atoms with Gasteiger partial charge in [0, 0.05) is 17.0 Å². The number of anilines is 1. The Labute approximate surface area is 144 Å². The van der Waals surface area contributed by atoms with Crippen molar-refractivity contribution >= 4 is 27.7 Å². The molecule has 1 aliphatic rings. The van der Waals surface area contributed by atoms with Crippen molar-refractivity contribution < 1.29 is 4.79 Å². The van der Waals surface area contributed by atoms with Crippen LogP contribution in [0.4, 0.5) is 5.82 Å². The normalized spacial score (nSPS) is 17.3. The lowest BCUT2D eigenvalue weighted by molar-refractivity contribution is -0.116. The Morgan fingerprint density at radius 3 is 2.91 bits per heavy atom. The zero-order chi connectivity index (χ0) is 16.1. The van der Waals surface area contributed by atoms with E-state index in [9.17, 15) is 4.79 Å². The molecule has 1 fully saturated rings. The molecule has 1 atom stereocenters. The van der Waals surface area contributed by atoms with Gasteiger partial charge in [-0.25, -0.2) is 4.68 Å². The number of nitrogens with zero attached hydrogens (tertiary/aromatic N) is 2. The van der Waals surface area contributed by atoms with E-state index in [0.717, 1.165) is 35.4 Å². The fourth-order valence-corrected chi connectivity index (χ4v) is 3.09. The molecule has 0 spiro atoms. The first-order valence-corrected chi connectivity index (χ1v) is 8.77. The van der Waals surface area contributed by atoms with Gasteiger partial charge in [-0.2, -0.15) is 5.10 Å². The van der Waals surface area contributed by atoms with E-state index in [0.29, 0.717) is 18.9 Å². The van der Waals surface area contributed by atoms with E-state index < -0.39 is 0 Å². The van der Waals surface area contributed by atoms with Crippen molar-refractivity contribution in [3.63, 3.8) is 0 Å². The summed E-state index contributed by atoms with van der Waals surface area (Å²) in [7, 11) is 0. The summed E-state index contributed by atoms with van der Waals surface area (Å²) < 4.78 is 2.87. The number of hydrogen-bond donors (Lipinski definition) is 2. The molecule has 1 aliphatic heterocycles. The molecule has 1 aromatic heterocycles. The summed E-state index contributed by atoms with van der Waals surface area (Å²) in [4.78, 5) is 12.1. The summed E-state index contributed by atoms with van der Waals surface area (Å²) in [6, 6.07) is 9.95. The van der Waals surface area contributed by atoms with Crippen molar-refractivity contribution in [1.82, 2.24) is 15.1 Å². The van der Waals surface area contributed by atoms with Crippen LogP contribution in [0.5, 0.6) is 0 Å². The van der Waals surface area contributed by atoms with Gasteiger partial charge in [0.25, 0.3) is 0 Å². The number of carbonyl (C=O) groups is 1. The fraction of sp³-hybridized carbons (Fsp3) is 0.412. The van der Waals surface area contributed by atoms with Gasteiger partial charge in [0.15, 0.2) is 0 Å². The molecule has 2 N–H and O–H groups in total. The minimum Gasteiger partial charge on any atom is -0.316 e. The molecule has 2 heterocycles. The first-order chi connectivity index (χ1) is 11.2. The average Bonchev–Trinajstić information content (AvgIpc) is 3.20. The van der Waals surface area contributed by atoms with Crippen molar-refractivity contribution in [2.24, 2.45) is 5.92 Å². The molecule has 5 nitrogen and oxygen atoms in total. The summed E-state index contributed by atoms with van der Waals surface area (Å²) in [5.74, 6) is 1.45. The number of aromatic nitrogens is 2. The number of hydrogen-bond acceptors (Lipinski definition) is 3. The molecule has 6 heteroatoms. The minimum atomic E-state index is 0.0643. The molecule has 1 aromatic carbocycles.